The quantitative estimate of drug-likeness (QED) is 0.853. The van der Waals surface area contributed by atoms with Crippen LogP contribution >= 0.6 is 0 Å². The Hall–Kier alpha value is -2.13. The molecule has 0 heterocycles. The maximum Gasteiger partial charge on any atom is 0.197 e. The van der Waals surface area contributed by atoms with E-state index in [1.54, 1.807) is 0 Å². The zero-order valence-corrected chi connectivity index (χ0v) is 10.7. The normalized spacial score (nSPS) is 21.2. The van der Waals surface area contributed by atoms with Gasteiger partial charge in [0.2, 0.25) is 0 Å². The van der Waals surface area contributed by atoms with Crippen molar-refractivity contribution in [3.63, 3.8) is 0 Å². The van der Waals surface area contributed by atoms with Crippen LogP contribution in [0, 0.1) is 0 Å². The summed E-state index contributed by atoms with van der Waals surface area (Å²) >= 11 is 0. The number of carbonyl (C=O) groups is 1. The number of ketones is 1. The first-order valence-corrected chi connectivity index (χ1v) is 6.31. The van der Waals surface area contributed by atoms with Crippen LogP contribution in [0.2, 0.25) is 0 Å². The Kier molecular flexibility index (Phi) is 2.84. The first kappa shape index (κ1) is 11.9. The molecule has 0 aliphatic heterocycles. The summed E-state index contributed by atoms with van der Waals surface area (Å²) in [5.41, 5.74) is 4.69. The van der Waals surface area contributed by atoms with Crippen molar-refractivity contribution in [3.05, 3.63) is 65.7 Å². The van der Waals surface area contributed by atoms with Crippen molar-refractivity contribution in [2.75, 3.05) is 5.48 Å². The summed E-state index contributed by atoms with van der Waals surface area (Å²) in [6.07, 6.45) is 0.599. The zero-order chi connectivity index (χ0) is 13.3. The number of rotatable bonds is 3. The molecule has 0 amide bonds. The number of anilines is 1. The van der Waals surface area contributed by atoms with Gasteiger partial charge in [0.25, 0.3) is 0 Å². The van der Waals surface area contributed by atoms with Crippen LogP contribution in [-0.4, -0.2) is 11.4 Å². The SMILES string of the molecule is CC1(ONc2ccccc2)Cc2ccccc2C1=O. The molecule has 1 atom stereocenters. The lowest BCUT2D eigenvalue weighted by atomic mass is 10.0. The summed E-state index contributed by atoms with van der Waals surface area (Å²) < 4.78 is 0. The molecule has 2 aromatic rings. The third-order valence-corrected chi connectivity index (χ3v) is 3.44. The summed E-state index contributed by atoms with van der Waals surface area (Å²) in [5, 5.41) is 0. The van der Waals surface area contributed by atoms with Crippen LogP contribution in [0.5, 0.6) is 0 Å². The average Bonchev–Trinajstić information content (AvgIpc) is 2.71. The molecule has 0 fully saturated rings. The summed E-state index contributed by atoms with van der Waals surface area (Å²) in [4.78, 5) is 18.0. The molecule has 1 aliphatic carbocycles. The monoisotopic (exact) mass is 253 g/mol. The Bertz CT molecular complexity index is 609. The van der Waals surface area contributed by atoms with Crippen LogP contribution in [0.15, 0.2) is 54.6 Å². The van der Waals surface area contributed by atoms with Gasteiger partial charge in [0.1, 0.15) is 0 Å². The minimum atomic E-state index is -0.834. The highest BCUT2D eigenvalue weighted by atomic mass is 16.7. The first-order chi connectivity index (χ1) is 9.19. The van der Waals surface area contributed by atoms with E-state index in [1.807, 2.05) is 61.5 Å². The van der Waals surface area contributed by atoms with Gasteiger partial charge in [-0.05, 0) is 24.6 Å². The van der Waals surface area contributed by atoms with E-state index in [2.05, 4.69) is 5.48 Å². The molecule has 1 aliphatic rings. The first-order valence-electron chi connectivity index (χ1n) is 6.31. The van der Waals surface area contributed by atoms with Gasteiger partial charge < -0.3 is 0 Å². The topological polar surface area (TPSA) is 38.3 Å². The van der Waals surface area contributed by atoms with Crippen LogP contribution in [0.3, 0.4) is 0 Å². The molecule has 3 rings (SSSR count). The van der Waals surface area contributed by atoms with Crippen LogP contribution < -0.4 is 5.48 Å². The van der Waals surface area contributed by atoms with Crippen molar-refractivity contribution >= 4 is 11.5 Å². The summed E-state index contributed by atoms with van der Waals surface area (Å²) in [7, 11) is 0. The van der Waals surface area contributed by atoms with E-state index in [9.17, 15) is 4.79 Å². The molecule has 1 unspecified atom stereocenters. The number of hydrogen-bond acceptors (Lipinski definition) is 3. The lowest BCUT2D eigenvalue weighted by Crippen LogP contribution is -2.37. The predicted octanol–water partition coefficient (Wildman–Crippen LogP) is 3.23. The van der Waals surface area contributed by atoms with E-state index < -0.39 is 5.60 Å². The molecular weight excluding hydrogens is 238 g/mol. The molecule has 0 saturated heterocycles. The van der Waals surface area contributed by atoms with E-state index in [0.717, 1.165) is 16.8 Å². The van der Waals surface area contributed by atoms with Crippen LogP contribution in [-0.2, 0) is 11.3 Å². The zero-order valence-electron chi connectivity index (χ0n) is 10.7. The molecule has 3 heteroatoms. The van der Waals surface area contributed by atoms with Gasteiger partial charge in [0, 0.05) is 12.0 Å². The maximum atomic E-state index is 12.4. The number of nitrogens with one attached hydrogen (secondary N) is 1. The standard InChI is InChI=1S/C16H15NO2/c1-16(19-17-13-8-3-2-4-9-13)11-12-7-5-6-10-14(12)15(16)18/h2-10,17H,11H2,1H3. The van der Waals surface area contributed by atoms with Crippen molar-refractivity contribution in [2.24, 2.45) is 0 Å². The Morgan fingerprint density at radius 2 is 1.74 bits per heavy atom. The summed E-state index contributed by atoms with van der Waals surface area (Å²) in [6, 6.07) is 17.2. The average molecular weight is 253 g/mol. The molecule has 0 spiro atoms. The summed E-state index contributed by atoms with van der Waals surface area (Å²) in [5.74, 6) is 0.0338. The van der Waals surface area contributed by atoms with Crippen molar-refractivity contribution < 1.29 is 9.63 Å². The van der Waals surface area contributed by atoms with Crippen molar-refractivity contribution in [2.45, 2.75) is 18.9 Å². The van der Waals surface area contributed by atoms with Gasteiger partial charge in [-0.25, -0.2) is 0 Å². The van der Waals surface area contributed by atoms with Crippen LogP contribution in [0.4, 0.5) is 5.69 Å². The highest BCUT2D eigenvalue weighted by Crippen LogP contribution is 2.32. The van der Waals surface area contributed by atoms with Gasteiger partial charge in [-0.1, -0.05) is 42.5 Å². The van der Waals surface area contributed by atoms with Gasteiger partial charge >= 0.3 is 0 Å². The predicted molar refractivity (Wildman–Crippen MR) is 74.0 cm³/mol. The number of carbonyl (C=O) groups excluding carboxylic acids is 1. The van der Waals surface area contributed by atoms with E-state index in [0.29, 0.717) is 6.42 Å². The Morgan fingerprint density at radius 1 is 1.05 bits per heavy atom. The lowest BCUT2D eigenvalue weighted by Gasteiger charge is -2.22. The molecule has 3 nitrogen and oxygen atoms in total. The lowest BCUT2D eigenvalue weighted by molar-refractivity contribution is 0.0169. The fourth-order valence-electron chi connectivity index (χ4n) is 2.38. The van der Waals surface area contributed by atoms with Gasteiger partial charge in [-0.3, -0.25) is 15.1 Å². The van der Waals surface area contributed by atoms with E-state index in [4.69, 9.17) is 4.84 Å². The fraction of sp³-hybridized carbons (Fsp3) is 0.188. The number of hydrogen-bond donors (Lipinski definition) is 1. The largest absolute Gasteiger partial charge is 0.291 e. The third-order valence-electron chi connectivity index (χ3n) is 3.44. The van der Waals surface area contributed by atoms with Gasteiger partial charge in [-0.2, -0.15) is 0 Å². The third kappa shape index (κ3) is 2.13. The Labute approximate surface area is 112 Å². The summed E-state index contributed by atoms with van der Waals surface area (Å²) in [6.45, 7) is 1.82. The van der Waals surface area contributed by atoms with E-state index >= 15 is 0 Å². The Balaban J connectivity index is 1.77. The molecule has 1 N–H and O–H groups in total. The van der Waals surface area contributed by atoms with E-state index in [1.165, 1.54) is 0 Å². The second kappa shape index (κ2) is 4.52. The fourth-order valence-corrected chi connectivity index (χ4v) is 2.38. The number of benzene rings is 2. The molecule has 0 aromatic heterocycles. The van der Waals surface area contributed by atoms with Crippen molar-refractivity contribution in [3.8, 4) is 0 Å². The smallest absolute Gasteiger partial charge is 0.197 e. The van der Waals surface area contributed by atoms with Crippen molar-refractivity contribution in [1.29, 1.82) is 0 Å². The highest BCUT2D eigenvalue weighted by molar-refractivity contribution is 6.06. The molecule has 19 heavy (non-hydrogen) atoms. The van der Waals surface area contributed by atoms with Gasteiger partial charge in [-0.15, -0.1) is 0 Å². The second-order valence-corrected chi connectivity index (χ2v) is 4.96. The number of fused-ring (bicyclic) bond motifs is 1. The molecule has 0 radical (unpaired) electrons. The second-order valence-electron chi connectivity index (χ2n) is 4.96. The maximum absolute atomic E-state index is 12.4. The van der Waals surface area contributed by atoms with Crippen LogP contribution in [0.1, 0.15) is 22.8 Å². The Morgan fingerprint density at radius 3 is 2.47 bits per heavy atom. The highest BCUT2D eigenvalue weighted by Gasteiger charge is 2.43. The van der Waals surface area contributed by atoms with Crippen LogP contribution in [0.25, 0.3) is 0 Å². The molecule has 0 saturated carbocycles. The minimum Gasteiger partial charge on any atom is -0.291 e. The molecule has 96 valence electrons. The van der Waals surface area contributed by atoms with Crippen molar-refractivity contribution in [1.82, 2.24) is 0 Å². The van der Waals surface area contributed by atoms with E-state index in [-0.39, 0.29) is 5.78 Å². The minimum absolute atomic E-state index is 0.0338. The van der Waals surface area contributed by atoms with Gasteiger partial charge in [0.05, 0.1) is 5.69 Å². The molecule has 0 bridgehead atoms. The number of Topliss-reactive ketones (excluding diaryl/α,β-unsaturated/α-hetero) is 1. The molecule has 2 aromatic carbocycles. The van der Waals surface area contributed by atoms with Gasteiger partial charge in [0.15, 0.2) is 11.4 Å². The molecular formula is C16H15NO2. The number of para-hydroxylation sites is 1.